The molecule has 4 nitrogen and oxygen atoms in total. The number of imidazole rings is 1. The second kappa shape index (κ2) is 11.4. The Morgan fingerprint density at radius 2 is 1.22 bits per heavy atom. The number of fused-ring (bicyclic) bond motifs is 5. The summed E-state index contributed by atoms with van der Waals surface area (Å²) < 4.78 is 16.0. The van der Waals surface area contributed by atoms with E-state index in [0.29, 0.717) is 11.8 Å². The maximum Gasteiger partial charge on any atom is 0.260 e. The van der Waals surface area contributed by atoms with Gasteiger partial charge in [0, 0.05) is 11.0 Å². The molecule has 0 atom stereocenters. The molecule has 8 rings (SSSR count). The summed E-state index contributed by atoms with van der Waals surface area (Å²) in [6.07, 6.45) is 0. The van der Waals surface area contributed by atoms with Crippen LogP contribution in [0.1, 0.15) is 103 Å². The van der Waals surface area contributed by atoms with E-state index in [0.717, 1.165) is 61.8 Å². The van der Waals surface area contributed by atoms with Crippen LogP contribution in [-0.2, 0) is 10.8 Å². The first-order chi connectivity index (χ1) is 23.7. The van der Waals surface area contributed by atoms with Gasteiger partial charge in [-0.3, -0.25) is 4.57 Å². The van der Waals surface area contributed by atoms with Gasteiger partial charge in [-0.2, -0.15) is 0 Å². The number of rotatable bonds is 4. The number of nitrogens with zero attached hydrogens (tertiary/aromatic N) is 2. The Balaban J connectivity index is 1.39. The lowest BCUT2D eigenvalue weighted by Crippen LogP contribution is -2.57. The molecule has 5 aromatic carbocycles. The summed E-state index contributed by atoms with van der Waals surface area (Å²) in [7, 11) is 0. The van der Waals surface area contributed by atoms with Crippen LogP contribution in [0.25, 0.3) is 28.1 Å². The lowest BCUT2D eigenvalue weighted by Gasteiger charge is -2.35. The number of para-hydroxylation sites is 3. The summed E-state index contributed by atoms with van der Waals surface area (Å²) in [6.45, 7) is 22.6. The van der Waals surface area contributed by atoms with E-state index in [1.54, 1.807) is 0 Å². The van der Waals surface area contributed by atoms with Crippen molar-refractivity contribution in [3.63, 3.8) is 0 Å². The zero-order valence-electron chi connectivity index (χ0n) is 31.1. The van der Waals surface area contributed by atoms with Crippen LogP contribution in [0.2, 0.25) is 0 Å². The van der Waals surface area contributed by atoms with Gasteiger partial charge >= 0.3 is 0 Å². The molecule has 0 radical (unpaired) electrons. The quantitative estimate of drug-likeness (QED) is 0.177. The smallest absolute Gasteiger partial charge is 0.260 e. The third-order valence-electron chi connectivity index (χ3n) is 10.6. The van der Waals surface area contributed by atoms with Gasteiger partial charge in [0.1, 0.15) is 28.8 Å². The highest BCUT2D eigenvalue weighted by Crippen LogP contribution is 2.41. The molecule has 0 aliphatic carbocycles. The second-order valence-electron chi connectivity index (χ2n) is 16.9. The van der Waals surface area contributed by atoms with Gasteiger partial charge in [0.05, 0.1) is 16.7 Å². The van der Waals surface area contributed by atoms with Gasteiger partial charge < -0.3 is 9.47 Å². The van der Waals surface area contributed by atoms with E-state index in [-0.39, 0.29) is 17.5 Å². The van der Waals surface area contributed by atoms with Crippen molar-refractivity contribution in [2.75, 3.05) is 0 Å². The monoisotopic (exact) mass is 658 g/mol. The molecule has 0 bridgehead atoms. The maximum atomic E-state index is 6.82. The van der Waals surface area contributed by atoms with E-state index in [1.807, 2.05) is 0 Å². The van der Waals surface area contributed by atoms with E-state index in [9.17, 15) is 0 Å². The molecule has 0 unspecified atom stereocenters. The Kier molecular flexibility index (Phi) is 7.38. The first-order valence-corrected chi connectivity index (χ1v) is 18.1. The van der Waals surface area contributed by atoms with Crippen molar-refractivity contribution in [3.8, 4) is 40.1 Å². The van der Waals surface area contributed by atoms with Crippen LogP contribution in [-0.4, -0.2) is 16.3 Å². The summed E-state index contributed by atoms with van der Waals surface area (Å²) in [5.74, 6) is 5.19. The molecular formula is C45H47BN2O2. The molecule has 2 aliphatic heterocycles. The zero-order chi connectivity index (χ0) is 35.3. The highest BCUT2D eigenvalue weighted by Gasteiger charge is 2.42. The highest BCUT2D eigenvalue weighted by molar-refractivity contribution is 6.98. The Labute approximate surface area is 297 Å². The van der Waals surface area contributed by atoms with Gasteiger partial charge in [-0.25, -0.2) is 4.98 Å². The maximum absolute atomic E-state index is 6.82. The highest BCUT2D eigenvalue weighted by atomic mass is 16.5. The molecule has 0 saturated heterocycles. The standard InChI is InChI=1S/C45H47BN2O2/c1-26(2)31-14-13-15-32(27(3)4)42(31)48-36-17-12-11-16-35(36)47-43(48)28-18-21-37-34(22-28)46-33-20-19-29(44(5,6)7)23-38(33)50-40-25-30(45(8,9)10)24-39(49-37)41(40)46/h11-27H,1-10H3. The molecule has 0 saturated carbocycles. The van der Waals surface area contributed by atoms with Gasteiger partial charge in [0.25, 0.3) is 6.71 Å². The van der Waals surface area contributed by atoms with Crippen LogP contribution < -0.4 is 25.9 Å². The zero-order valence-corrected chi connectivity index (χ0v) is 31.1. The van der Waals surface area contributed by atoms with Crippen molar-refractivity contribution >= 4 is 34.1 Å². The van der Waals surface area contributed by atoms with Crippen LogP contribution in [0.4, 0.5) is 0 Å². The minimum Gasteiger partial charge on any atom is -0.458 e. The van der Waals surface area contributed by atoms with Crippen LogP contribution in [0.15, 0.2) is 91.0 Å². The number of benzene rings is 5. The van der Waals surface area contributed by atoms with Gasteiger partial charge in [0.15, 0.2) is 0 Å². The number of hydrogen-bond donors (Lipinski definition) is 0. The predicted octanol–water partition coefficient (Wildman–Crippen LogP) is 10.3. The molecule has 3 heterocycles. The fourth-order valence-electron chi connectivity index (χ4n) is 7.75. The molecule has 50 heavy (non-hydrogen) atoms. The van der Waals surface area contributed by atoms with Crippen LogP contribution in [0.3, 0.4) is 0 Å². The van der Waals surface area contributed by atoms with Crippen LogP contribution in [0.5, 0.6) is 23.0 Å². The van der Waals surface area contributed by atoms with Gasteiger partial charge in [0.2, 0.25) is 0 Å². The predicted molar refractivity (Wildman–Crippen MR) is 210 cm³/mol. The second-order valence-corrected chi connectivity index (χ2v) is 16.9. The molecular weight excluding hydrogens is 611 g/mol. The fraction of sp³-hybridized carbons (Fsp3) is 0.311. The van der Waals surface area contributed by atoms with E-state index in [1.165, 1.54) is 27.9 Å². The van der Waals surface area contributed by atoms with Crippen molar-refractivity contribution in [3.05, 3.63) is 113 Å². The summed E-state index contributed by atoms with van der Waals surface area (Å²) in [4.78, 5) is 5.35. The number of ether oxygens (including phenoxy) is 2. The van der Waals surface area contributed by atoms with Crippen molar-refractivity contribution in [1.29, 1.82) is 0 Å². The largest absolute Gasteiger partial charge is 0.458 e. The minimum atomic E-state index is -0.0639. The molecule has 1 aromatic heterocycles. The van der Waals surface area contributed by atoms with Crippen molar-refractivity contribution in [1.82, 2.24) is 9.55 Å². The molecule has 0 N–H and O–H groups in total. The normalized spacial score (nSPS) is 13.6. The summed E-state index contributed by atoms with van der Waals surface area (Å²) in [5, 5.41) is 0. The number of hydrogen-bond acceptors (Lipinski definition) is 3. The van der Waals surface area contributed by atoms with Crippen LogP contribution in [0, 0.1) is 0 Å². The first kappa shape index (κ1) is 32.4. The van der Waals surface area contributed by atoms with Crippen molar-refractivity contribution in [2.24, 2.45) is 0 Å². The first-order valence-electron chi connectivity index (χ1n) is 18.1. The Morgan fingerprint density at radius 1 is 0.600 bits per heavy atom. The Morgan fingerprint density at radius 3 is 1.86 bits per heavy atom. The van der Waals surface area contributed by atoms with E-state index < -0.39 is 0 Å². The minimum absolute atomic E-state index is 0.00195. The van der Waals surface area contributed by atoms with Gasteiger partial charge in [-0.1, -0.05) is 118 Å². The average Bonchev–Trinajstić information content (AvgIpc) is 3.45. The molecule has 5 heteroatoms. The summed E-state index contributed by atoms with van der Waals surface area (Å²) in [5.41, 5.74) is 12.8. The van der Waals surface area contributed by atoms with E-state index >= 15 is 0 Å². The SMILES string of the molecule is CC(C)c1cccc(C(C)C)c1-n1c(-c2ccc3c(c2)B2c4ccc(C(C)(C)C)cc4Oc4cc(C(C)(C)C)cc(c42)O3)nc2ccccc21. The molecule has 2 aliphatic rings. The van der Waals surface area contributed by atoms with Gasteiger partial charge in [-0.05, 0) is 98.3 Å². The molecule has 0 fully saturated rings. The van der Waals surface area contributed by atoms with E-state index in [2.05, 4.69) is 165 Å². The number of aromatic nitrogens is 2. The van der Waals surface area contributed by atoms with Crippen LogP contribution >= 0.6 is 0 Å². The van der Waals surface area contributed by atoms with E-state index in [4.69, 9.17) is 14.5 Å². The van der Waals surface area contributed by atoms with Gasteiger partial charge in [-0.15, -0.1) is 0 Å². The third kappa shape index (κ3) is 5.16. The Bertz CT molecular complexity index is 2290. The molecule has 0 spiro atoms. The topological polar surface area (TPSA) is 36.3 Å². The lowest BCUT2D eigenvalue weighted by atomic mass is 9.34. The fourth-order valence-corrected chi connectivity index (χ4v) is 7.75. The Hall–Kier alpha value is -4.77. The molecule has 252 valence electrons. The molecule has 6 aromatic rings. The average molecular weight is 659 g/mol. The third-order valence-corrected chi connectivity index (χ3v) is 10.6. The molecule has 0 amide bonds. The lowest BCUT2D eigenvalue weighted by molar-refractivity contribution is 0.457. The summed E-state index contributed by atoms with van der Waals surface area (Å²) in [6, 6.07) is 33.2. The summed E-state index contributed by atoms with van der Waals surface area (Å²) >= 11 is 0. The van der Waals surface area contributed by atoms with Crippen molar-refractivity contribution < 1.29 is 9.47 Å². The van der Waals surface area contributed by atoms with Crippen molar-refractivity contribution in [2.45, 2.75) is 91.9 Å².